The third-order valence-electron chi connectivity index (χ3n) is 1.85. The number of hydrogen-bond donors (Lipinski definition) is 2. The second-order valence-corrected chi connectivity index (χ2v) is 2.92. The minimum Gasteiger partial charge on any atom is -0.396 e. The Balaban J connectivity index is 2.37. The number of carbonyl (C=O) groups is 1. The van der Waals surface area contributed by atoms with Crippen molar-refractivity contribution in [1.29, 1.82) is 0 Å². The number of hydrogen-bond acceptors (Lipinski definition) is 4. The molecule has 14 heavy (non-hydrogen) atoms. The van der Waals surface area contributed by atoms with Crippen molar-refractivity contribution in [3.05, 3.63) is 12.7 Å². The third kappa shape index (κ3) is 2.81. The first-order valence-corrected chi connectivity index (χ1v) is 4.48. The molecule has 1 aromatic heterocycles. The molecule has 0 aliphatic heterocycles. The van der Waals surface area contributed by atoms with E-state index in [1.807, 2.05) is 0 Å². The molecular weight excluding hydrogens is 184 g/mol. The smallest absolute Gasteiger partial charge is 0.244 e. The zero-order valence-corrected chi connectivity index (χ0v) is 8.05. The van der Waals surface area contributed by atoms with Crippen LogP contribution >= 0.6 is 0 Å². The number of aliphatic hydroxyl groups excluding tert-OH is 1. The molecular formula is C8H14N4O2. The molecule has 1 atom stereocenters. The van der Waals surface area contributed by atoms with Gasteiger partial charge >= 0.3 is 0 Å². The largest absolute Gasteiger partial charge is 0.396 e. The van der Waals surface area contributed by atoms with Crippen LogP contribution in [0.1, 0.15) is 19.4 Å². The standard InChI is InChI=1S/C8H14N4O2/c1-7(12-6-9-5-11-12)8(14)10-3-2-4-13/h5-7,13H,2-4H2,1H3,(H,10,14). The van der Waals surface area contributed by atoms with E-state index < -0.39 is 0 Å². The van der Waals surface area contributed by atoms with Gasteiger partial charge in [0.2, 0.25) is 5.91 Å². The first kappa shape index (κ1) is 10.6. The van der Waals surface area contributed by atoms with Crippen LogP contribution < -0.4 is 5.32 Å². The summed E-state index contributed by atoms with van der Waals surface area (Å²) in [4.78, 5) is 15.2. The van der Waals surface area contributed by atoms with E-state index in [0.29, 0.717) is 13.0 Å². The summed E-state index contributed by atoms with van der Waals surface area (Å²) in [5.74, 6) is -0.121. The van der Waals surface area contributed by atoms with E-state index in [-0.39, 0.29) is 18.6 Å². The van der Waals surface area contributed by atoms with Crippen LogP contribution in [0.25, 0.3) is 0 Å². The maximum atomic E-state index is 11.4. The summed E-state index contributed by atoms with van der Waals surface area (Å²) in [6.45, 7) is 2.30. The number of aliphatic hydroxyl groups is 1. The Morgan fingerprint density at radius 1 is 1.71 bits per heavy atom. The summed E-state index contributed by atoms with van der Waals surface area (Å²) in [7, 11) is 0. The maximum Gasteiger partial charge on any atom is 0.244 e. The number of nitrogens with zero attached hydrogens (tertiary/aromatic N) is 3. The Morgan fingerprint density at radius 3 is 3.07 bits per heavy atom. The van der Waals surface area contributed by atoms with Gasteiger partial charge in [0.15, 0.2) is 0 Å². The lowest BCUT2D eigenvalue weighted by Gasteiger charge is -2.11. The van der Waals surface area contributed by atoms with Crippen molar-refractivity contribution in [3.8, 4) is 0 Å². The van der Waals surface area contributed by atoms with Gasteiger partial charge in [0.1, 0.15) is 18.7 Å². The Kier molecular flexibility index (Phi) is 4.06. The van der Waals surface area contributed by atoms with Crippen LogP contribution in [0.3, 0.4) is 0 Å². The molecule has 1 rings (SSSR count). The lowest BCUT2D eigenvalue weighted by Crippen LogP contribution is -2.32. The highest BCUT2D eigenvalue weighted by Gasteiger charge is 2.13. The first-order chi connectivity index (χ1) is 6.75. The maximum absolute atomic E-state index is 11.4. The number of carbonyl (C=O) groups excluding carboxylic acids is 1. The Bertz CT molecular complexity index is 273. The molecule has 0 radical (unpaired) electrons. The van der Waals surface area contributed by atoms with Crippen molar-refractivity contribution in [1.82, 2.24) is 20.1 Å². The van der Waals surface area contributed by atoms with Gasteiger partial charge in [0.25, 0.3) is 0 Å². The minimum atomic E-state index is -0.365. The fourth-order valence-corrected chi connectivity index (χ4v) is 0.976. The van der Waals surface area contributed by atoms with Gasteiger partial charge < -0.3 is 10.4 Å². The van der Waals surface area contributed by atoms with Gasteiger partial charge in [0, 0.05) is 13.2 Å². The Labute approximate surface area is 82.0 Å². The van der Waals surface area contributed by atoms with Crippen molar-refractivity contribution in [3.63, 3.8) is 0 Å². The van der Waals surface area contributed by atoms with Gasteiger partial charge in [0.05, 0.1) is 0 Å². The zero-order chi connectivity index (χ0) is 10.4. The average Bonchev–Trinajstić information content (AvgIpc) is 2.69. The van der Waals surface area contributed by atoms with Crippen LogP contribution in [0.4, 0.5) is 0 Å². The molecule has 78 valence electrons. The highest BCUT2D eigenvalue weighted by molar-refractivity contribution is 5.79. The summed E-state index contributed by atoms with van der Waals surface area (Å²) in [6, 6.07) is -0.365. The molecule has 0 aliphatic carbocycles. The van der Waals surface area contributed by atoms with Crippen LogP contribution in [-0.2, 0) is 4.79 Å². The fourth-order valence-electron chi connectivity index (χ4n) is 0.976. The van der Waals surface area contributed by atoms with Crippen LogP contribution in [0.15, 0.2) is 12.7 Å². The predicted octanol–water partition coefficient (Wildman–Crippen LogP) is -0.662. The summed E-state index contributed by atoms with van der Waals surface area (Å²) >= 11 is 0. The van der Waals surface area contributed by atoms with Gasteiger partial charge in [-0.3, -0.25) is 4.79 Å². The summed E-state index contributed by atoms with van der Waals surface area (Å²) in [5.41, 5.74) is 0. The highest BCUT2D eigenvalue weighted by Crippen LogP contribution is 2.00. The van der Waals surface area contributed by atoms with Crippen LogP contribution in [-0.4, -0.2) is 38.9 Å². The van der Waals surface area contributed by atoms with Crippen molar-refractivity contribution < 1.29 is 9.90 Å². The van der Waals surface area contributed by atoms with E-state index in [2.05, 4.69) is 15.4 Å². The highest BCUT2D eigenvalue weighted by atomic mass is 16.3. The molecule has 1 unspecified atom stereocenters. The Hall–Kier alpha value is -1.43. The van der Waals surface area contributed by atoms with Gasteiger partial charge in [-0.1, -0.05) is 0 Å². The molecule has 0 saturated heterocycles. The van der Waals surface area contributed by atoms with Gasteiger partial charge in [-0.25, -0.2) is 9.67 Å². The third-order valence-corrected chi connectivity index (χ3v) is 1.85. The van der Waals surface area contributed by atoms with Gasteiger partial charge in [-0.15, -0.1) is 0 Å². The normalized spacial score (nSPS) is 12.4. The topological polar surface area (TPSA) is 80.0 Å². The average molecular weight is 198 g/mol. The SMILES string of the molecule is CC(C(=O)NCCCO)n1cncn1. The lowest BCUT2D eigenvalue weighted by atomic mass is 10.3. The second kappa shape index (κ2) is 5.33. The van der Waals surface area contributed by atoms with Crippen LogP contribution in [0.2, 0.25) is 0 Å². The van der Waals surface area contributed by atoms with Gasteiger partial charge in [-0.2, -0.15) is 5.10 Å². The molecule has 1 amide bonds. The van der Waals surface area contributed by atoms with E-state index in [1.165, 1.54) is 17.3 Å². The van der Waals surface area contributed by atoms with Crippen molar-refractivity contribution >= 4 is 5.91 Å². The lowest BCUT2D eigenvalue weighted by molar-refractivity contribution is -0.124. The Morgan fingerprint density at radius 2 is 2.50 bits per heavy atom. The molecule has 0 aromatic carbocycles. The van der Waals surface area contributed by atoms with Crippen molar-refractivity contribution in [2.45, 2.75) is 19.4 Å². The minimum absolute atomic E-state index is 0.0813. The molecule has 0 saturated carbocycles. The number of rotatable bonds is 5. The van der Waals surface area contributed by atoms with E-state index in [9.17, 15) is 4.79 Å². The van der Waals surface area contributed by atoms with Crippen molar-refractivity contribution in [2.24, 2.45) is 0 Å². The summed E-state index contributed by atoms with van der Waals surface area (Å²) in [6.07, 6.45) is 3.45. The van der Waals surface area contributed by atoms with E-state index >= 15 is 0 Å². The van der Waals surface area contributed by atoms with E-state index in [4.69, 9.17) is 5.11 Å². The molecule has 2 N–H and O–H groups in total. The number of nitrogens with one attached hydrogen (secondary N) is 1. The first-order valence-electron chi connectivity index (χ1n) is 4.48. The fraction of sp³-hybridized carbons (Fsp3) is 0.625. The number of amides is 1. The molecule has 6 heteroatoms. The van der Waals surface area contributed by atoms with Crippen LogP contribution in [0.5, 0.6) is 0 Å². The molecule has 1 heterocycles. The molecule has 1 aromatic rings. The molecule has 0 fully saturated rings. The quantitative estimate of drug-likeness (QED) is 0.615. The molecule has 0 aliphatic rings. The van der Waals surface area contributed by atoms with Crippen molar-refractivity contribution in [2.75, 3.05) is 13.2 Å². The van der Waals surface area contributed by atoms with Gasteiger partial charge in [-0.05, 0) is 13.3 Å². The summed E-state index contributed by atoms with van der Waals surface area (Å²) in [5, 5.41) is 15.1. The number of aromatic nitrogens is 3. The molecule has 6 nitrogen and oxygen atoms in total. The summed E-state index contributed by atoms with van der Waals surface area (Å²) < 4.78 is 1.48. The van der Waals surface area contributed by atoms with E-state index in [1.54, 1.807) is 6.92 Å². The zero-order valence-electron chi connectivity index (χ0n) is 8.05. The monoisotopic (exact) mass is 198 g/mol. The van der Waals surface area contributed by atoms with E-state index in [0.717, 1.165) is 0 Å². The second-order valence-electron chi connectivity index (χ2n) is 2.92. The molecule has 0 bridgehead atoms. The van der Waals surface area contributed by atoms with Crippen LogP contribution in [0, 0.1) is 0 Å². The molecule has 0 spiro atoms. The predicted molar refractivity (Wildman–Crippen MR) is 49.4 cm³/mol.